The Kier molecular flexibility index (Phi) is 4.65. The average molecular weight is 341 g/mol. The maximum absolute atomic E-state index is 12.4. The largest absolute Gasteiger partial charge is 0.497 e. The van der Waals surface area contributed by atoms with Crippen LogP contribution >= 0.6 is 15.9 Å². The molecule has 1 saturated heterocycles. The fourth-order valence-electron chi connectivity index (χ4n) is 2.24. The number of methoxy groups -OCH3 is 1. The van der Waals surface area contributed by atoms with Crippen LogP contribution in [0.5, 0.6) is 5.75 Å². The number of hydrogen-bond donors (Lipinski definition) is 1. The van der Waals surface area contributed by atoms with Crippen LogP contribution in [0, 0.1) is 0 Å². The average Bonchev–Trinajstić information content (AvgIpc) is 2.42. The Bertz CT molecular complexity index is 533. The quantitative estimate of drug-likeness (QED) is 0.912. The molecule has 1 aliphatic heterocycles. The Hall–Kier alpha value is -1.56. The Morgan fingerprint density at radius 3 is 2.80 bits per heavy atom. The lowest BCUT2D eigenvalue weighted by atomic mass is 10.1. The minimum Gasteiger partial charge on any atom is -0.497 e. The van der Waals surface area contributed by atoms with Crippen molar-refractivity contribution in [3.05, 3.63) is 22.7 Å². The van der Waals surface area contributed by atoms with E-state index in [0.717, 1.165) is 10.9 Å². The fourth-order valence-corrected chi connectivity index (χ4v) is 2.70. The van der Waals surface area contributed by atoms with E-state index in [9.17, 15) is 9.59 Å². The van der Waals surface area contributed by atoms with Crippen LogP contribution in [0.1, 0.15) is 19.8 Å². The van der Waals surface area contributed by atoms with Gasteiger partial charge in [-0.15, -0.1) is 0 Å². The molecule has 0 spiro atoms. The monoisotopic (exact) mass is 340 g/mol. The van der Waals surface area contributed by atoms with Crippen molar-refractivity contribution in [1.29, 1.82) is 0 Å². The number of hydrogen-bond acceptors (Lipinski definition) is 3. The molecule has 0 radical (unpaired) electrons. The number of carbonyl (C=O) groups is 2. The molecular weight excluding hydrogens is 324 g/mol. The van der Waals surface area contributed by atoms with Crippen LogP contribution in [0.25, 0.3) is 0 Å². The van der Waals surface area contributed by atoms with Gasteiger partial charge in [0.25, 0.3) is 0 Å². The third kappa shape index (κ3) is 3.12. The molecule has 5 nitrogen and oxygen atoms in total. The summed E-state index contributed by atoms with van der Waals surface area (Å²) in [4.78, 5) is 25.7. The highest BCUT2D eigenvalue weighted by molar-refractivity contribution is 9.10. The van der Waals surface area contributed by atoms with Crippen LogP contribution in [0.3, 0.4) is 0 Å². The Labute approximate surface area is 126 Å². The summed E-state index contributed by atoms with van der Waals surface area (Å²) in [6, 6.07) is 4.93. The van der Waals surface area contributed by atoms with Crippen molar-refractivity contribution in [2.24, 2.45) is 0 Å². The van der Waals surface area contributed by atoms with Gasteiger partial charge in [-0.25, -0.2) is 0 Å². The number of nitrogens with zero attached hydrogens (tertiary/aromatic N) is 1. The first kappa shape index (κ1) is 14.8. The van der Waals surface area contributed by atoms with Gasteiger partial charge in [-0.3, -0.25) is 9.59 Å². The van der Waals surface area contributed by atoms with E-state index < -0.39 is 6.04 Å². The molecule has 1 aromatic carbocycles. The molecular formula is C14H17BrN2O3. The third-order valence-electron chi connectivity index (χ3n) is 3.18. The fraction of sp³-hybridized carbons (Fsp3) is 0.429. The Balaban J connectivity index is 2.32. The number of halogens is 1. The lowest BCUT2D eigenvalue weighted by Gasteiger charge is -2.32. The molecule has 2 amide bonds. The van der Waals surface area contributed by atoms with E-state index in [0.29, 0.717) is 17.9 Å². The zero-order valence-electron chi connectivity index (χ0n) is 11.5. The highest BCUT2D eigenvalue weighted by Gasteiger charge is 2.33. The van der Waals surface area contributed by atoms with E-state index in [-0.39, 0.29) is 18.4 Å². The molecule has 2 rings (SSSR count). The molecule has 1 atom stereocenters. The van der Waals surface area contributed by atoms with E-state index >= 15 is 0 Å². The molecule has 1 N–H and O–H groups in total. The predicted molar refractivity (Wildman–Crippen MR) is 79.9 cm³/mol. The smallest absolute Gasteiger partial charge is 0.250 e. The minimum absolute atomic E-state index is 0.0403. The lowest BCUT2D eigenvalue weighted by Crippen LogP contribution is -2.58. The van der Waals surface area contributed by atoms with Gasteiger partial charge in [0.1, 0.15) is 18.3 Å². The van der Waals surface area contributed by atoms with Crippen molar-refractivity contribution in [1.82, 2.24) is 5.32 Å². The van der Waals surface area contributed by atoms with Crippen molar-refractivity contribution in [3.63, 3.8) is 0 Å². The highest BCUT2D eigenvalue weighted by Crippen LogP contribution is 2.28. The van der Waals surface area contributed by atoms with Gasteiger partial charge in [0.05, 0.1) is 7.11 Å². The van der Waals surface area contributed by atoms with Gasteiger partial charge in [0.2, 0.25) is 11.8 Å². The number of benzene rings is 1. The molecule has 108 valence electrons. The van der Waals surface area contributed by atoms with Crippen LogP contribution in [-0.2, 0) is 9.59 Å². The van der Waals surface area contributed by atoms with Crippen molar-refractivity contribution in [3.8, 4) is 5.75 Å². The van der Waals surface area contributed by atoms with E-state index in [1.54, 1.807) is 13.2 Å². The molecule has 1 aromatic rings. The summed E-state index contributed by atoms with van der Waals surface area (Å²) >= 11 is 3.38. The van der Waals surface area contributed by atoms with Crippen LogP contribution in [0.2, 0.25) is 0 Å². The standard InChI is InChI=1S/C14H17BrN2O3/c1-3-4-12-14(19)17(8-13(18)16-12)10-5-9(15)6-11(7-10)20-2/h5-7,12H,3-4,8H2,1-2H3,(H,16,18). The van der Waals surface area contributed by atoms with Gasteiger partial charge in [-0.1, -0.05) is 29.3 Å². The van der Waals surface area contributed by atoms with Gasteiger partial charge >= 0.3 is 0 Å². The number of nitrogens with one attached hydrogen (secondary N) is 1. The lowest BCUT2D eigenvalue weighted by molar-refractivity contribution is -0.131. The summed E-state index contributed by atoms with van der Waals surface area (Å²) in [5.41, 5.74) is 0.664. The second-order valence-electron chi connectivity index (χ2n) is 4.68. The van der Waals surface area contributed by atoms with Gasteiger partial charge in [-0.2, -0.15) is 0 Å². The van der Waals surface area contributed by atoms with Crippen LogP contribution in [-0.4, -0.2) is 31.5 Å². The van der Waals surface area contributed by atoms with Gasteiger partial charge in [0, 0.05) is 16.2 Å². The third-order valence-corrected chi connectivity index (χ3v) is 3.64. The van der Waals surface area contributed by atoms with Crippen LogP contribution in [0.15, 0.2) is 22.7 Å². The van der Waals surface area contributed by atoms with Crippen molar-refractivity contribution >= 4 is 33.4 Å². The zero-order valence-corrected chi connectivity index (χ0v) is 13.1. The molecule has 0 saturated carbocycles. The van der Waals surface area contributed by atoms with Crippen molar-refractivity contribution < 1.29 is 14.3 Å². The number of anilines is 1. The normalized spacial score (nSPS) is 18.9. The van der Waals surface area contributed by atoms with Crippen molar-refractivity contribution in [2.45, 2.75) is 25.8 Å². The maximum Gasteiger partial charge on any atom is 0.250 e. The van der Waals surface area contributed by atoms with Crippen LogP contribution < -0.4 is 15.0 Å². The number of amides is 2. The molecule has 0 aliphatic carbocycles. The van der Waals surface area contributed by atoms with Crippen LogP contribution in [0.4, 0.5) is 5.69 Å². The molecule has 0 aromatic heterocycles. The summed E-state index contributed by atoms with van der Waals surface area (Å²) in [7, 11) is 1.57. The Morgan fingerprint density at radius 2 is 2.15 bits per heavy atom. The number of rotatable bonds is 4. The molecule has 1 heterocycles. The topological polar surface area (TPSA) is 58.6 Å². The zero-order chi connectivity index (χ0) is 14.7. The molecule has 1 unspecified atom stereocenters. The van der Waals surface area contributed by atoms with Gasteiger partial charge in [0.15, 0.2) is 0 Å². The van der Waals surface area contributed by atoms with E-state index in [1.807, 2.05) is 19.1 Å². The number of carbonyl (C=O) groups excluding carboxylic acids is 2. The second kappa shape index (κ2) is 6.26. The minimum atomic E-state index is -0.439. The number of piperazine rings is 1. The van der Waals surface area contributed by atoms with Gasteiger partial charge < -0.3 is 15.0 Å². The first-order valence-corrected chi connectivity index (χ1v) is 7.29. The highest BCUT2D eigenvalue weighted by atomic mass is 79.9. The summed E-state index contributed by atoms with van der Waals surface area (Å²) in [6.07, 6.45) is 1.48. The van der Waals surface area contributed by atoms with E-state index in [1.165, 1.54) is 4.90 Å². The second-order valence-corrected chi connectivity index (χ2v) is 5.60. The first-order valence-electron chi connectivity index (χ1n) is 6.50. The predicted octanol–water partition coefficient (Wildman–Crippen LogP) is 2.09. The van der Waals surface area contributed by atoms with E-state index in [4.69, 9.17) is 4.74 Å². The molecule has 20 heavy (non-hydrogen) atoms. The molecule has 1 fully saturated rings. The summed E-state index contributed by atoms with van der Waals surface area (Å²) in [5, 5.41) is 2.74. The first-order chi connectivity index (χ1) is 9.55. The molecule has 1 aliphatic rings. The van der Waals surface area contributed by atoms with Gasteiger partial charge in [-0.05, 0) is 18.6 Å². The van der Waals surface area contributed by atoms with E-state index in [2.05, 4.69) is 21.2 Å². The summed E-state index contributed by atoms with van der Waals surface area (Å²) < 4.78 is 6.00. The maximum atomic E-state index is 12.4. The Morgan fingerprint density at radius 1 is 1.40 bits per heavy atom. The van der Waals surface area contributed by atoms with Crippen molar-refractivity contribution in [2.75, 3.05) is 18.6 Å². The summed E-state index contributed by atoms with van der Waals surface area (Å²) in [5.74, 6) is 0.425. The SMILES string of the molecule is CCCC1NC(=O)CN(c2cc(Br)cc(OC)c2)C1=O. The molecule has 0 bridgehead atoms. The summed E-state index contributed by atoms with van der Waals surface area (Å²) in [6.45, 7) is 2.03. The number of ether oxygens (including phenoxy) is 1. The molecule has 6 heteroatoms.